The standard InChI is InChI=1S/C30H34F3N7O3/c31-30(32,33)12-8-25(41)38-16-9-21(10-17-38)24-3-1-15-40-26(24)36-28(37-40)35-23-6-4-22(5-7-23)27(42)39-14-2-11-29(20-39)19-34-13-18-43-29/h1,3-7,9,15,34H,2,8,10-14,16-20H2,(H,35,37). The summed E-state index contributed by atoms with van der Waals surface area (Å²) < 4.78 is 45.3. The zero-order chi connectivity index (χ0) is 30.0. The fraction of sp³-hybridized carbons (Fsp3) is 0.467. The normalized spacial score (nSPS) is 21.2. The second-order valence-electron chi connectivity index (χ2n) is 11.3. The van der Waals surface area contributed by atoms with Gasteiger partial charge < -0.3 is 25.2 Å². The maximum atomic E-state index is 13.3. The summed E-state index contributed by atoms with van der Waals surface area (Å²) in [5.74, 6) is -0.133. The molecule has 2 fully saturated rings. The van der Waals surface area contributed by atoms with E-state index in [0.29, 0.717) is 49.8 Å². The molecule has 6 rings (SSSR count). The van der Waals surface area contributed by atoms with Gasteiger partial charge in [-0.05, 0) is 61.2 Å². The second-order valence-corrected chi connectivity index (χ2v) is 11.3. The molecule has 1 atom stereocenters. The predicted octanol–water partition coefficient (Wildman–Crippen LogP) is 4.03. The van der Waals surface area contributed by atoms with Crippen molar-refractivity contribution in [3.63, 3.8) is 0 Å². The summed E-state index contributed by atoms with van der Waals surface area (Å²) in [5, 5.41) is 11.1. The first kappa shape index (κ1) is 29.1. The Morgan fingerprint density at radius 2 is 1.95 bits per heavy atom. The smallest absolute Gasteiger partial charge is 0.370 e. The van der Waals surface area contributed by atoms with Gasteiger partial charge in [0.2, 0.25) is 11.9 Å². The highest BCUT2D eigenvalue weighted by Crippen LogP contribution is 2.29. The molecule has 1 spiro atoms. The molecule has 43 heavy (non-hydrogen) atoms. The van der Waals surface area contributed by atoms with Crippen molar-refractivity contribution in [1.29, 1.82) is 0 Å². The Bertz CT molecular complexity index is 1510. The first-order valence-corrected chi connectivity index (χ1v) is 14.6. The van der Waals surface area contributed by atoms with Gasteiger partial charge in [0.05, 0.1) is 25.2 Å². The lowest BCUT2D eigenvalue weighted by Gasteiger charge is -2.45. The van der Waals surface area contributed by atoms with Crippen LogP contribution >= 0.6 is 0 Å². The average molecular weight is 598 g/mol. The van der Waals surface area contributed by atoms with Gasteiger partial charge in [-0.25, -0.2) is 4.52 Å². The number of pyridine rings is 1. The van der Waals surface area contributed by atoms with Gasteiger partial charge in [-0.15, -0.1) is 5.10 Å². The van der Waals surface area contributed by atoms with Crippen molar-refractivity contribution in [2.24, 2.45) is 0 Å². The van der Waals surface area contributed by atoms with Crippen molar-refractivity contribution in [2.45, 2.75) is 43.9 Å². The number of halogens is 3. The predicted molar refractivity (Wildman–Crippen MR) is 154 cm³/mol. The van der Waals surface area contributed by atoms with E-state index in [9.17, 15) is 22.8 Å². The number of carbonyl (C=O) groups is 2. The van der Waals surface area contributed by atoms with E-state index >= 15 is 0 Å². The van der Waals surface area contributed by atoms with E-state index in [1.807, 2.05) is 35.2 Å². The molecule has 13 heteroatoms. The minimum Gasteiger partial charge on any atom is -0.370 e. The summed E-state index contributed by atoms with van der Waals surface area (Å²) in [7, 11) is 0. The number of anilines is 2. The van der Waals surface area contributed by atoms with Crippen molar-refractivity contribution in [3.05, 3.63) is 59.8 Å². The Hall–Kier alpha value is -3.97. The first-order chi connectivity index (χ1) is 20.7. The number of hydrogen-bond donors (Lipinski definition) is 2. The number of nitrogens with zero attached hydrogens (tertiary/aromatic N) is 5. The highest BCUT2D eigenvalue weighted by molar-refractivity contribution is 5.94. The lowest BCUT2D eigenvalue weighted by atomic mass is 9.91. The van der Waals surface area contributed by atoms with Gasteiger partial charge in [0.1, 0.15) is 0 Å². The molecule has 0 aliphatic carbocycles. The van der Waals surface area contributed by atoms with Crippen molar-refractivity contribution >= 4 is 34.7 Å². The third-order valence-corrected chi connectivity index (χ3v) is 8.24. The van der Waals surface area contributed by atoms with E-state index in [4.69, 9.17) is 4.74 Å². The van der Waals surface area contributed by atoms with Gasteiger partial charge in [-0.3, -0.25) is 9.59 Å². The van der Waals surface area contributed by atoms with Crippen LogP contribution in [0, 0.1) is 0 Å². The molecule has 2 aromatic heterocycles. The highest BCUT2D eigenvalue weighted by Gasteiger charge is 2.39. The Labute approximate surface area is 246 Å². The van der Waals surface area contributed by atoms with Crippen LogP contribution in [0.5, 0.6) is 0 Å². The first-order valence-electron chi connectivity index (χ1n) is 14.6. The van der Waals surface area contributed by atoms with Crippen molar-refractivity contribution in [3.8, 4) is 0 Å². The van der Waals surface area contributed by atoms with E-state index in [0.717, 1.165) is 42.8 Å². The van der Waals surface area contributed by atoms with Gasteiger partial charge in [0.15, 0.2) is 5.65 Å². The van der Waals surface area contributed by atoms with Gasteiger partial charge in [0, 0.05) is 62.2 Å². The molecule has 0 bridgehead atoms. The van der Waals surface area contributed by atoms with E-state index < -0.39 is 24.9 Å². The molecular weight excluding hydrogens is 563 g/mol. The maximum absolute atomic E-state index is 13.3. The largest absolute Gasteiger partial charge is 0.389 e. The van der Waals surface area contributed by atoms with Crippen LogP contribution in [0.15, 0.2) is 48.7 Å². The molecular formula is C30H34F3N7O3. The van der Waals surface area contributed by atoms with E-state index in [2.05, 4.69) is 20.7 Å². The number of hydrogen-bond acceptors (Lipinski definition) is 7. The molecule has 10 nitrogen and oxygen atoms in total. The van der Waals surface area contributed by atoms with Crippen molar-refractivity contribution < 1.29 is 27.5 Å². The summed E-state index contributed by atoms with van der Waals surface area (Å²) in [4.78, 5) is 33.5. The zero-order valence-corrected chi connectivity index (χ0v) is 23.7. The number of benzene rings is 1. The molecule has 0 radical (unpaired) electrons. The van der Waals surface area contributed by atoms with Crippen LogP contribution in [-0.4, -0.2) is 93.9 Å². The summed E-state index contributed by atoms with van der Waals surface area (Å²) in [6, 6.07) is 11.0. The van der Waals surface area contributed by atoms with Crippen LogP contribution in [0.1, 0.15) is 48.0 Å². The number of nitrogens with one attached hydrogen (secondary N) is 2. The van der Waals surface area contributed by atoms with Gasteiger partial charge in [0.25, 0.3) is 5.91 Å². The molecule has 0 saturated carbocycles. The SMILES string of the molecule is O=C(CCC(F)(F)F)N1CC=C(c2cccn3nc(Nc4ccc(C(=O)N5CCCC6(CNCCO6)C5)cc4)nc23)CC1. The maximum Gasteiger partial charge on any atom is 0.389 e. The Balaban J connectivity index is 1.10. The van der Waals surface area contributed by atoms with Crippen molar-refractivity contribution in [1.82, 2.24) is 29.7 Å². The minimum atomic E-state index is -4.35. The zero-order valence-electron chi connectivity index (χ0n) is 23.7. The quantitative estimate of drug-likeness (QED) is 0.442. The molecule has 2 amide bonds. The Kier molecular flexibility index (Phi) is 8.10. The molecule has 3 aromatic rings. The van der Waals surface area contributed by atoms with Crippen LogP contribution < -0.4 is 10.6 Å². The topological polar surface area (TPSA) is 104 Å². The van der Waals surface area contributed by atoms with Gasteiger partial charge >= 0.3 is 6.18 Å². The third-order valence-electron chi connectivity index (χ3n) is 8.24. The fourth-order valence-corrected chi connectivity index (χ4v) is 6.01. The molecule has 228 valence electrons. The van der Waals surface area contributed by atoms with Crippen LogP contribution in [-0.2, 0) is 9.53 Å². The summed E-state index contributed by atoms with van der Waals surface area (Å²) in [5.41, 5.74) is 3.46. The lowest BCUT2D eigenvalue weighted by molar-refractivity contribution is -0.148. The number of rotatable bonds is 6. The third kappa shape index (κ3) is 6.67. The van der Waals surface area contributed by atoms with Crippen molar-refractivity contribution in [2.75, 3.05) is 51.2 Å². The molecule has 3 aliphatic heterocycles. The molecule has 2 saturated heterocycles. The summed E-state index contributed by atoms with van der Waals surface area (Å²) >= 11 is 0. The van der Waals surface area contributed by atoms with E-state index in [1.165, 1.54) is 4.90 Å². The van der Waals surface area contributed by atoms with Crippen LogP contribution in [0.25, 0.3) is 11.2 Å². The van der Waals surface area contributed by atoms with Crippen LogP contribution in [0.4, 0.5) is 24.8 Å². The number of aromatic nitrogens is 3. The highest BCUT2D eigenvalue weighted by atomic mass is 19.4. The molecule has 5 heterocycles. The van der Waals surface area contributed by atoms with Crippen LogP contribution in [0.3, 0.4) is 0 Å². The summed E-state index contributed by atoms with van der Waals surface area (Å²) in [6.07, 6.45) is 0.00478. The van der Waals surface area contributed by atoms with Gasteiger partial charge in [-0.2, -0.15) is 18.2 Å². The van der Waals surface area contributed by atoms with Gasteiger partial charge in [-0.1, -0.05) is 6.08 Å². The Morgan fingerprint density at radius 3 is 2.67 bits per heavy atom. The number of fused-ring (bicyclic) bond motifs is 1. The fourth-order valence-electron chi connectivity index (χ4n) is 6.01. The number of likely N-dealkylation sites (tertiary alicyclic amines) is 1. The monoisotopic (exact) mass is 597 g/mol. The number of alkyl halides is 3. The molecule has 1 unspecified atom stereocenters. The number of amides is 2. The second kappa shape index (κ2) is 12.0. The molecule has 1 aromatic carbocycles. The van der Waals surface area contributed by atoms with E-state index in [1.54, 1.807) is 22.8 Å². The minimum absolute atomic E-state index is 0.0170. The molecule has 2 N–H and O–H groups in total. The summed E-state index contributed by atoms with van der Waals surface area (Å²) in [6.45, 7) is 4.13. The Morgan fingerprint density at radius 1 is 1.12 bits per heavy atom. The number of piperidine rings is 1. The molecule has 3 aliphatic rings. The number of ether oxygens (including phenoxy) is 1. The average Bonchev–Trinajstić information content (AvgIpc) is 3.43. The number of carbonyl (C=O) groups excluding carboxylic acids is 2. The number of morpholine rings is 1. The lowest BCUT2D eigenvalue weighted by Crippen LogP contribution is -2.59. The van der Waals surface area contributed by atoms with E-state index in [-0.39, 0.29) is 18.1 Å². The van der Waals surface area contributed by atoms with Crippen LogP contribution in [0.2, 0.25) is 0 Å².